The van der Waals surface area contributed by atoms with Crippen LogP contribution in [0.15, 0.2) is 24.3 Å². The first-order chi connectivity index (χ1) is 8.17. The van der Waals surface area contributed by atoms with E-state index in [0.717, 1.165) is 24.3 Å². The second-order valence-corrected chi connectivity index (χ2v) is 4.92. The van der Waals surface area contributed by atoms with E-state index < -0.39 is 0 Å². The van der Waals surface area contributed by atoms with E-state index >= 15 is 0 Å². The molecule has 0 bridgehead atoms. The number of carbonyl (C=O) groups is 1. The summed E-state index contributed by atoms with van der Waals surface area (Å²) in [5.41, 5.74) is 6.92. The maximum absolute atomic E-state index is 11.0. The van der Waals surface area contributed by atoms with Crippen LogP contribution in [-0.4, -0.2) is 24.0 Å². The zero-order chi connectivity index (χ0) is 12.7. The molecule has 17 heavy (non-hydrogen) atoms. The van der Waals surface area contributed by atoms with Gasteiger partial charge in [-0.3, -0.25) is 4.79 Å². The van der Waals surface area contributed by atoms with E-state index in [4.69, 9.17) is 5.73 Å². The summed E-state index contributed by atoms with van der Waals surface area (Å²) in [6.45, 7) is 2.95. The van der Waals surface area contributed by atoms with Crippen molar-refractivity contribution in [2.45, 2.75) is 25.9 Å². The van der Waals surface area contributed by atoms with E-state index in [9.17, 15) is 4.79 Å². The third-order valence-corrected chi connectivity index (χ3v) is 3.40. The van der Waals surface area contributed by atoms with Gasteiger partial charge in [-0.2, -0.15) is 11.8 Å². The van der Waals surface area contributed by atoms with Crippen LogP contribution < -0.4 is 11.1 Å². The number of nitrogens with one attached hydrogen (secondary N) is 1. The van der Waals surface area contributed by atoms with Gasteiger partial charge in [0.2, 0.25) is 5.91 Å². The number of hydrogen-bond acceptors (Lipinski definition) is 3. The number of hydrogen-bond donors (Lipinski definition) is 2. The van der Waals surface area contributed by atoms with E-state index in [1.54, 1.807) is 6.07 Å². The lowest BCUT2D eigenvalue weighted by molar-refractivity contribution is 0.1000. The molecule has 0 aliphatic heterocycles. The van der Waals surface area contributed by atoms with Crippen LogP contribution in [0, 0.1) is 0 Å². The fourth-order valence-electron chi connectivity index (χ4n) is 1.62. The SMILES string of the molecule is CCC(CSC)NCc1cccc(C(N)=O)c1. The lowest BCUT2D eigenvalue weighted by Gasteiger charge is -2.15. The van der Waals surface area contributed by atoms with Crippen LogP contribution >= 0.6 is 11.8 Å². The Bertz CT molecular complexity index is 368. The van der Waals surface area contributed by atoms with Gasteiger partial charge in [0.25, 0.3) is 0 Å². The number of primary amides is 1. The standard InChI is InChI=1S/C13H20N2OS/c1-3-12(9-17-2)15-8-10-5-4-6-11(7-10)13(14)16/h4-7,12,15H,3,8-9H2,1-2H3,(H2,14,16). The molecule has 94 valence electrons. The monoisotopic (exact) mass is 252 g/mol. The molecule has 1 atom stereocenters. The average molecular weight is 252 g/mol. The Morgan fingerprint density at radius 2 is 2.29 bits per heavy atom. The van der Waals surface area contributed by atoms with E-state index in [2.05, 4.69) is 18.5 Å². The van der Waals surface area contributed by atoms with Crippen molar-refractivity contribution in [3.63, 3.8) is 0 Å². The Morgan fingerprint density at radius 1 is 1.53 bits per heavy atom. The molecule has 1 rings (SSSR count). The Balaban J connectivity index is 2.56. The molecule has 1 amide bonds. The van der Waals surface area contributed by atoms with E-state index in [1.807, 2.05) is 30.0 Å². The van der Waals surface area contributed by atoms with Crippen LogP contribution in [0.5, 0.6) is 0 Å². The van der Waals surface area contributed by atoms with Crippen LogP contribution in [0.2, 0.25) is 0 Å². The van der Waals surface area contributed by atoms with Crippen LogP contribution in [0.1, 0.15) is 29.3 Å². The number of amides is 1. The van der Waals surface area contributed by atoms with Crippen molar-refractivity contribution in [1.82, 2.24) is 5.32 Å². The summed E-state index contributed by atoms with van der Waals surface area (Å²) in [6.07, 6.45) is 3.22. The minimum absolute atomic E-state index is 0.372. The predicted molar refractivity (Wildman–Crippen MR) is 74.3 cm³/mol. The molecule has 0 fully saturated rings. The smallest absolute Gasteiger partial charge is 0.248 e. The number of thioether (sulfide) groups is 1. The summed E-state index contributed by atoms with van der Waals surface area (Å²) in [5.74, 6) is 0.731. The normalized spacial score (nSPS) is 12.4. The van der Waals surface area contributed by atoms with Crippen molar-refractivity contribution >= 4 is 17.7 Å². The number of carbonyl (C=O) groups excluding carboxylic acids is 1. The molecule has 1 aromatic carbocycles. The lowest BCUT2D eigenvalue weighted by Crippen LogP contribution is -2.30. The number of nitrogens with two attached hydrogens (primary N) is 1. The largest absolute Gasteiger partial charge is 0.366 e. The van der Waals surface area contributed by atoms with Gasteiger partial charge in [0, 0.05) is 23.9 Å². The molecule has 0 aliphatic carbocycles. The van der Waals surface area contributed by atoms with Crippen molar-refractivity contribution in [3.05, 3.63) is 35.4 Å². The molecule has 0 radical (unpaired) electrons. The minimum Gasteiger partial charge on any atom is -0.366 e. The van der Waals surface area contributed by atoms with Crippen molar-refractivity contribution < 1.29 is 4.79 Å². The molecule has 0 saturated heterocycles. The maximum atomic E-state index is 11.0. The van der Waals surface area contributed by atoms with Gasteiger partial charge in [-0.25, -0.2) is 0 Å². The maximum Gasteiger partial charge on any atom is 0.248 e. The van der Waals surface area contributed by atoms with Crippen LogP contribution in [0.3, 0.4) is 0 Å². The fourth-order valence-corrected chi connectivity index (χ4v) is 2.37. The van der Waals surface area contributed by atoms with Crippen molar-refractivity contribution in [1.29, 1.82) is 0 Å². The molecular weight excluding hydrogens is 232 g/mol. The van der Waals surface area contributed by atoms with Gasteiger partial charge in [0.05, 0.1) is 0 Å². The number of benzene rings is 1. The Kier molecular flexibility index (Phi) is 6.08. The van der Waals surface area contributed by atoms with Crippen molar-refractivity contribution in [3.8, 4) is 0 Å². The van der Waals surface area contributed by atoms with Gasteiger partial charge in [-0.05, 0) is 30.4 Å². The summed E-state index contributed by atoms with van der Waals surface area (Å²) < 4.78 is 0. The van der Waals surface area contributed by atoms with Gasteiger partial charge < -0.3 is 11.1 Å². The Morgan fingerprint density at radius 3 is 2.88 bits per heavy atom. The highest BCUT2D eigenvalue weighted by Crippen LogP contribution is 2.07. The first kappa shape index (κ1) is 14.1. The van der Waals surface area contributed by atoms with Gasteiger partial charge in [-0.15, -0.1) is 0 Å². The Hall–Kier alpha value is -1.00. The molecule has 0 heterocycles. The highest BCUT2D eigenvalue weighted by atomic mass is 32.2. The molecule has 1 aromatic rings. The zero-order valence-electron chi connectivity index (χ0n) is 10.4. The molecule has 0 saturated carbocycles. The lowest BCUT2D eigenvalue weighted by atomic mass is 10.1. The van der Waals surface area contributed by atoms with Gasteiger partial charge in [-0.1, -0.05) is 19.1 Å². The number of rotatable bonds is 7. The highest BCUT2D eigenvalue weighted by molar-refractivity contribution is 7.98. The second kappa shape index (κ2) is 7.35. The van der Waals surface area contributed by atoms with Crippen LogP contribution in [-0.2, 0) is 6.54 Å². The molecule has 0 aromatic heterocycles. The summed E-state index contributed by atoms with van der Waals surface area (Å²) in [7, 11) is 0. The van der Waals surface area contributed by atoms with Crippen molar-refractivity contribution in [2.75, 3.05) is 12.0 Å². The molecule has 3 N–H and O–H groups in total. The van der Waals surface area contributed by atoms with E-state index in [0.29, 0.717) is 11.6 Å². The third-order valence-electron chi connectivity index (χ3n) is 2.67. The zero-order valence-corrected chi connectivity index (χ0v) is 11.2. The van der Waals surface area contributed by atoms with Gasteiger partial charge in [0.1, 0.15) is 0 Å². The first-order valence-corrected chi connectivity index (χ1v) is 7.17. The summed E-state index contributed by atoms with van der Waals surface area (Å²) >= 11 is 1.84. The Labute approximate surface area is 107 Å². The quantitative estimate of drug-likeness (QED) is 0.780. The molecule has 0 spiro atoms. The molecule has 4 heteroatoms. The topological polar surface area (TPSA) is 55.1 Å². The fraction of sp³-hybridized carbons (Fsp3) is 0.462. The molecular formula is C13H20N2OS. The van der Waals surface area contributed by atoms with Gasteiger partial charge >= 0.3 is 0 Å². The first-order valence-electron chi connectivity index (χ1n) is 5.78. The predicted octanol–water partition coefficient (Wildman–Crippen LogP) is 2.02. The van der Waals surface area contributed by atoms with Gasteiger partial charge in [0.15, 0.2) is 0 Å². The average Bonchev–Trinajstić information content (AvgIpc) is 2.34. The molecule has 0 aliphatic rings. The van der Waals surface area contributed by atoms with Crippen LogP contribution in [0.4, 0.5) is 0 Å². The summed E-state index contributed by atoms with van der Waals surface area (Å²) in [5, 5.41) is 3.48. The summed E-state index contributed by atoms with van der Waals surface area (Å²) in [4.78, 5) is 11.0. The van der Waals surface area contributed by atoms with E-state index in [-0.39, 0.29) is 5.91 Å². The molecule has 3 nitrogen and oxygen atoms in total. The third kappa shape index (κ3) is 4.79. The van der Waals surface area contributed by atoms with Crippen molar-refractivity contribution in [2.24, 2.45) is 5.73 Å². The highest BCUT2D eigenvalue weighted by Gasteiger charge is 2.05. The minimum atomic E-state index is -0.372. The summed E-state index contributed by atoms with van der Waals surface area (Å²) in [6, 6.07) is 7.98. The molecule has 1 unspecified atom stereocenters. The van der Waals surface area contributed by atoms with E-state index in [1.165, 1.54) is 0 Å². The van der Waals surface area contributed by atoms with Crippen LogP contribution in [0.25, 0.3) is 0 Å². The second-order valence-electron chi connectivity index (χ2n) is 4.01.